The number of carbonyl (C=O) groups is 1. The Morgan fingerprint density at radius 1 is 1.14 bits per heavy atom. The minimum absolute atomic E-state index is 0.102. The number of nitrogens with one attached hydrogen (secondary N) is 1. The SMILES string of the molecule is CS(=O)(=O)c1ccc(Cl)c(NC(=O)c2ccc(I)cc2)c1. The summed E-state index contributed by atoms with van der Waals surface area (Å²) in [6.07, 6.45) is 1.10. The summed E-state index contributed by atoms with van der Waals surface area (Å²) in [4.78, 5) is 12.2. The number of amides is 1. The second-order valence-electron chi connectivity index (χ2n) is 4.37. The smallest absolute Gasteiger partial charge is 0.255 e. The predicted octanol–water partition coefficient (Wildman–Crippen LogP) is 3.60. The summed E-state index contributed by atoms with van der Waals surface area (Å²) in [5, 5.41) is 2.90. The lowest BCUT2D eigenvalue weighted by atomic mass is 10.2. The van der Waals surface area contributed by atoms with Crippen molar-refractivity contribution in [3.63, 3.8) is 0 Å². The lowest BCUT2D eigenvalue weighted by molar-refractivity contribution is 0.102. The molecule has 7 heteroatoms. The zero-order valence-electron chi connectivity index (χ0n) is 10.9. The van der Waals surface area contributed by atoms with Crippen LogP contribution in [0.4, 0.5) is 5.69 Å². The first-order chi connectivity index (χ1) is 9.77. The zero-order valence-corrected chi connectivity index (χ0v) is 14.7. The molecule has 0 atom stereocenters. The van der Waals surface area contributed by atoms with Gasteiger partial charge in [-0.2, -0.15) is 0 Å². The topological polar surface area (TPSA) is 63.2 Å². The Labute approximate surface area is 141 Å². The summed E-state index contributed by atoms with van der Waals surface area (Å²) >= 11 is 8.13. The van der Waals surface area contributed by atoms with Gasteiger partial charge in [0.05, 0.1) is 15.6 Å². The van der Waals surface area contributed by atoms with Crippen LogP contribution in [-0.2, 0) is 9.84 Å². The van der Waals surface area contributed by atoms with Crippen LogP contribution in [0.25, 0.3) is 0 Å². The van der Waals surface area contributed by atoms with Crippen molar-refractivity contribution in [1.82, 2.24) is 0 Å². The molecule has 2 rings (SSSR count). The number of sulfone groups is 1. The number of rotatable bonds is 3. The van der Waals surface area contributed by atoms with Crippen LogP contribution in [0.2, 0.25) is 5.02 Å². The molecule has 0 saturated heterocycles. The van der Waals surface area contributed by atoms with Crippen molar-refractivity contribution < 1.29 is 13.2 Å². The van der Waals surface area contributed by atoms with Crippen LogP contribution in [-0.4, -0.2) is 20.6 Å². The van der Waals surface area contributed by atoms with Gasteiger partial charge in [0.2, 0.25) is 0 Å². The summed E-state index contributed by atoms with van der Waals surface area (Å²) in [7, 11) is -3.36. The molecule has 0 aromatic heterocycles. The van der Waals surface area contributed by atoms with Gasteiger partial charge in [0.25, 0.3) is 5.91 Å². The van der Waals surface area contributed by atoms with Gasteiger partial charge in [-0.25, -0.2) is 8.42 Å². The van der Waals surface area contributed by atoms with E-state index >= 15 is 0 Å². The van der Waals surface area contributed by atoms with Gasteiger partial charge in [-0.05, 0) is 65.1 Å². The molecule has 1 N–H and O–H groups in total. The highest BCUT2D eigenvalue weighted by atomic mass is 127. The maximum absolute atomic E-state index is 12.1. The Balaban J connectivity index is 2.31. The van der Waals surface area contributed by atoms with Crippen molar-refractivity contribution in [1.29, 1.82) is 0 Å². The minimum atomic E-state index is -3.36. The highest BCUT2D eigenvalue weighted by molar-refractivity contribution is 14.1. The molecule has 21 heavy (non-hydrogen) atoms. The fourth-order valence-electron chi connectivity index (χ4n) is 1.63. The second kappa shape index (κ2) is 6.33. The molecule has 0 aliphatic carbocycles. The van der Waals surface area contributed by atoms with E-state index in [0.29, 0.717) is 5.56 Å². The van der Waals surface area contributed by atoms with E-state index in [0.717, 1.165) is 9.83 Å². The highest BCUT2D eigenvalue weighted by Crippen LogP contribution is 2.25. The molecule has 0 aliphatic rings. The molecule has 0 aliphatic heterocycles. The Hall–Kier alpha value is -1.12. The summed E-state index contributed by atoms with van der Waals surface area (Å²) in [6.45, 7) is 0. The third-order valence-corrected chi connectivity index (χ3v) is 4.88. The lowest BCUT2D eigenvalue weighted by Gasteiger charge is -2.09. The largest absolute Gasteiger partial charge is 0.321 e. The molecule has 0 heterocycles. The number of halogens is 2. The van der Waals surface area contributed by atoms with Crippen LogP contribution >= 0.6 is 34.2 Å². The number of benzene rings is 2. The molecule has 2 aromatic carbocycles. The molecule has 0 spiro atoms. The molecule has 4 nitrogen and oxygen atoms in total. The third kappa shape index (κ3) is 4.18. The maximum Gasteiger partial charge on any atom is 0.255 e. The van der Waals surface area contributed by atoms with Gasteiger partial charge >= 0.3 is 0 Å². The lowest BCUT2D eigenvalue weighted by Crippen LogP contribution is -2.12. The Bertz CT molecular complexity index is 788. The number of hydrogen-bond donors (Lipinski definition) is 1. The first-order valence-corrected chi connectivity index (χ1v) is 9.19. The first-order valence-electron chi connectivity index (χ1n) is 5.84. The average molecular weight is 436 g/mol. The standard InChI is InChI=1S/C14H11ClINO3S/c1-21(19,20)11-6-7-12(15)13(8-11)17-14(18)9-2-4-10(16)5-3-9/h2-8H,1H3,(H,17,18). The monoisotopic (exact) mass is 435 g/mol. The summed E-state index contributed by atoms with van der Waals surface area (Å²) < 4.78 is 24.1. The van der Waals surface area contributed by atoms with Gasteiger partial charge in [0.1, 0.15) is 0 Å². The molecule has 0 unspecified atom stereocenters. The predicted molar refractivity (Wildman–Crippen MR) is 91.7 cm³/mol. The molecular formula is C14H11ClINO3S. The fourth-order valence-corrected chi connectivity index (χ4v) is 2.80. The maximum atomic E-state index is 12.1. The van der Waals surface area contributed by atoms with Crippen LogP contribution < -0.4 is 5.32 Å². The number of anilines is 1. The average Bonchev–Trinajstić information content (AvgIpc) is 2.40. The van der Waals surface area contributed by atoms with Gasteiger partial charge in [-0.3, -0.25) is 4.79 Å². The zero-order chi connectivity index (χ0) is 15.6. The van der Waals surface area contributed by atoms with Crippen molar-refractivity contribution in [3.8, 4) is 0 Å². The summed E-state index contributed by atoms with van der Waals surface area (Å²) in [6, 6.07) is 11.2. The van der Waals surface area contributed by atoms with Crippen LogP contribution in [0.1, 0.15) is 10.4 Å². The Kier molecular flexibility index (Phi) is 4.90. The Morgan fingerprint density at radius 2 is 1.76 bits per heavy atom. The van der Waals surface area contributed by atoms with E-state index in [2.05, 4.69) is 27.9 Å². The van der Waals surface area contributed by atoms with E-state index in [9.17, 15) is 13.2 Å². The highest BCUT2D eigenvalue weighted by Gasteiger charge is 2.13. The van der Waals surface area contributed by atoms with E-state index in [4.69, 9.17) is 11.6 Å². The van der Waals surface area contributed by atoms with E-state index in [1.807, 2.05) is 12.1 Å². The molecule has 0 saturated carbocycles. The van der Waals surface area contributed by atoms with Crippen molar-refractivity contribution in [2.24, 2.45) is 0 Å². The first kappa shape index (κ1) is 16.3. The second-order valence-corrected chi connectivity index (χ2v) is 8.04. The molecule has 0 bridgehead atoms. The summed E-state index contributed by atoms with van der Waals surface area (Å²) in [5.41, 5.74) is 0.736. The van der Waals surface area contributed by atoms with E-state index in [1.54, 1.807) is 12.1 Å². The van der Waals surface area contributed by atoms with Gasteiger partial charge in [0, 0.05) is 15.4 Å². The molecule has 110 valence electrons. The van der Waals surface area contributed by atoms with E-state index in [1.165, 1.54) is 18.2 Å². The molecule has 0 radical (unpaired) electrons. The number of carbonyl (C=O) groups excluding carboxylic acids is 1. The quantitative estimate of drug-likeness (QED) is 0.749. The van der Waals surface area contributed by atoms with Crippen LogP contribution in [0.5, 0.6) is 0 Å². The minimum Gasteiger partial charge on any atom is -0.321 e. The molecule has 1 amide bonds. The van der Waals surface area contributed by atoms with Gasteiger partial charge < -0.3 is 5.32 Å². The summed E-state index contributed by atoms with van der Waals surface area (Å²) in [5.74, 6) is -0.348. The normalized spacial score (nSPS) is 11.2. The molecule has 2 aromatic rings. The van der Waals surface area contributed by atoms with Crippen molar-refractivity contribution in [2.45, 2.75) is 4.90 Å². The fraction of sp³-hybridized carbons (Fsp3) is 0.0714. The van der Waals surface area contributed by atoms with Gasteiger partial charge in [0.15, 0.2) is 9.84 Å². The Morgan fingerprint density at radius 3 is 2.33 bits per heavy atom. The third-order valence-electron chi connectivity index (χ3n) is 2.72. The van der Waals surface area contributed by atoms with Crippen LogP contribution in [0, 0.1) is 3.57 Å². The van der Waals surface area contributed by atoms with Crippen molar-refractivity contribution >= 4 is 55.6 Å². The van der Waals surface area contributed by atoms with E-state index < -0.39 is 9.84 Å². The van der Waals surface area contributed by atoms with Gasteiger partial charge in [-0.1, -0.05) is 11.6 Å². The van der Waals surface area contributed by atoms with Crippen molar-refractivity contribution in [2.75, 3.05) is 11.6 Å². The molecule has 0 fully saturated rings. The van der Waals surface area contributed by atoms with Gasteiger partial charge in [-0.15, -0.1) is 0 Å². The van der Waals surface area contributed by atoms with Crippen LogP contribution in [0.15, 0.2) is 47.4 Å². The van der Waals surface area contributed by atoms with Crippen molar-refractivity contribution in [3.05, 3.63) is 56.6 Å². The van der Waals surface area contributed by atoms with Crippen LogP contribution in [0.3, 0.4) is 0 Å². The number of hydrogen-bond acceptors (Lipinski definition) is 3. The van der Waals surface area contributed by atoms with E-state index in [-0.39, 0.29) is 21.5 Å². The molecular weight excluding hydrogens is 425 g/mol.